The molecule has 15 heavy (non-hydrogen) atoms. The van der Waals surface area contributed by atoms with Gasteiger partial charge in [-0.3, -0.25) is 19.0 Å². The molecule has 0 radical (unpaired) electrons. The molecule has 1 heterocycles. The lowest BCUT2D eigenvalue weighted by Gasteiger charge is -2.03. The number of aromatic nitrogens is 2. The van der Waals surface area contributed by atoms with Crippen LogP contribution in [0.1, 0.15) is 17.3 Å². The molecule has 1 aromatic heterocycles. The van der Waals surface area contributed by atoms with Gasteiger partial charge in [0.25, 0.3) is 5.56 Å². The van der Waals surface area contributed by atoms with Gasteiger partial charge in [-0.25, -0.2) is 0 Å². The predicted molar refractivity (Wildman–Crippen MR) is 58.2 cm³/mol. The number of fused-ring (bicyclic) bond motifs is 1. The molecule has 0 N–H and O–H groups in total. The molecule has 0 unspecified atom stereocenters. The van der Waals surface area contributed by atoms with Crippen molar-refractivity contribution in [1.29, 1.82) is 0 Å². The zero-order valence-corrected chi connectivity index (χ0v) is 8.94. The molecule has 4 heteroatoms. The van der Waals surface area contributed by atoms with Crippen molar-refractivity contribution in [3.05, 3.63) is 34.1 Å². The normalized spacial score (nSPS) is 10.9. The highest BCUT2D eigenvalue weighted by atomic mass is 16.1. The highest BCUT2D eigenvalue weighted by Crippen LogP contribution is 2.15. The maximum atomic E-state index is 11.8. The van der Waals surface area contributed by atoms with Crippen molar-refractivity contribution in [2.45, 2.75) is 6.92 Å². The fourth-order valence-corrected chi connectivity index (χ4v) is 1.81. The van der Waals surface area contributed by atoms with Crippen molar-refractivity contribution in [3.8, 4) is 0 Å². The Kier molecular flexibility index (Phi) is 2.00. The van der Waals surface area contributed by atoms with Gasteiger partial charge in [0.05, 0.1) is 10.9 Å². The Labute approximate surface area is 86.7 Å². The van der Waals surface area contributed by atoms with E-state index in [1.807, 2.05) is 0 Å². The summed E-state index contributed by atoms with van der Waals surface area (Å²) in [4.78, 5) is 23.2. The average Bonchev–Trinajstić information content (AvgIpc) is 2.44. The molecule has 0 saturated heterocycles. The Morgan fingerprint density at radius 3 is 2.47 bits per heavy atom. The summed E-state index contributed by atoms with van der Waals surface area (Å²) in [6, 6.07) is 5.22. The highest BCUT2D eigenvalue weighted by Gasteiger charge is 2.13. The van der Waals surface area contributed by atoms with Crippen molar-refractivity contribution in [2.24, 2.45) is 14.1 Å². The first-order valence-corrected chi connectivity index (χ1v) is 4.69. The standard InChI is InChI=1S/C11H12N2O2/c1-7(14)8-5-4-6-9-10(8)12(2)13(3)11(9)15/h4-6H,1-3H3. The van der Waals surface area contributed by atoms with Gasteiger partial charge in [-0.05, 0) is 19.1 Å². The van der Waals surface area contributed by atoms with Crippen LogP contribution in [-0.2, 0) is 14.1 Å². The summed E-state index contributed by atoms with van der Waals surface area (Å²) in [6.07, 6.45) is 0. The highest BCUT2D eigenvalue weighted by molar-refractivity contribution is 6.05. The van der Waals surface area contributed by atoms with E-state index in [4.69, 9.17) is 0 Å². The smallest absolute Gasteiger partial charge is 0.274 e. The second kappa shape index (κ2) is 3.08. The zero-order chi connectivity index (χ0) is 11.2. The Morgan fingerprint density at radius 1 is 1.20 bits per heavy atom. The molecular formula is C11H12N2O2. The maximum absolute atomic E-state index is 11.8. The van der Waals surface area contributed by atoms with E-state index >= 15 is 0 Å². The first kappa shape index (κ1) is 9.71. The zero-order valence-electron chi connectivity index (χ0n) is 8.94. The summed E-state index contributed by atoms with van der Waals surface area (Å²) in [5.41, 5.74) is 1.22. The van der Waals surface area contributed by atoms with Crippen molar-refractivity contribution < 1.29 is 4.79 Å². The molecule has 0 aliphatic carbocycles. The van der Waals surface area contributed by atoms with Gasteiger partial charge in [-0.1, -0.05) is 6.07 Å². The van der Waals surface area contributed by atoms with Crippen LogP contribution in [0, 0.1) is 0 Å². The summed E-state index contributed by atoms with van der Waals surface area (Å²) in [5, 5.41) is 0.590. The largest absolute Gasteiger partial charge is 0.294 e. The number of Topliss-reactive ketones (excluding diaryl/α,β-unsaturated/α-hetero) is 1. The lowest BCUT2D eigenvalue weighted by atomic mass is 10.1. The molecule has 1 aromatic carbocycles. The van der Waals surface area contributed by atoms with Crippen LogP contribution in [0.3, 0.4) is 0 Å². The van der Waals surface area contributed by atoms with E-state index in [2.05, 4.69) is 0 Å². The van der Waals surface area contributed by atoms with E-state index in [1.54, 1.807) is 37.0 Å². The van der Waals surface area contributed by atoms with Gasteiger partial charge in [-0.15, -0.1) is 0 Å². The van der Waals surface area contributed by atoms with Gasteiger partial charge in [0, 0.05) is 19.7 Å². The number of hydrogen-bond donors (Lipinski definition) is 0. The lowest BCUT2D eigenvalue weighted by molar-refractivity contribution is 0.101. The van der Waals surface area contributed by atoms with Crippen LogP contribution in [0.5, 0.6) is 0 Å². The van der Waals surface area contributed by atoms with Crippen molar-refractivity contribution in [1.82, 2.24) is 9.36 Å². The number of para-hydroxylation sites is 1. The van der Waals surface area contributed by atoms with Crippen LogP contribution in [0.4, 0.5) is 0 Å². The predicted octanol–water partition coefficient (Wildman–Crippen LogP) is 1.08. The van der Waals surface area contributed by atoms with Crippen LogP contribution in [0.25, 0.3) is 10.9 Å². The van der Waals surface area contributed by atoms with Gasteiger partial charge >= 0.3 is 0 Å². The van der Waals surface area contributed by atoms with Gasteiger partial charge in [0.2, 0.25) is 0 Å². The van der Waals surface area contributed by atoms with Gasteiger partial charge in [0.15, 0.2) is 5.78 Å². The van der Waals surface area contributed by atoms with E-state index in [0.717, 1.165) is 0 Å². The number of benzene rings is 1. The topological polar surface area (TPSA) is 44.0 Å². The van der Waals surface area contributed by atoms with Crippen molar-refractivity contribution >= 4 is 16.7 Å². The molecule has 78 valence electrons. The second-order valence-electron chi connectivity index (χ2n) is 3.61. The second-order valence-corrected chi connectivity index (χ2v) is 3.61. The molecule has 2 rings (SSSR count). The Bertz CT molecular complexity index is 605. The number of rotatable bonds is 1. The minimum Gasteiger partial charge on any atom is -0.294 e. The van der Waals surface area contributed by atoms with Crippen molar-refractivity contribution in [3.63, 3.8) is 0 Å². The van der Waals surface area contributed by atoms with Gasteiger partial charge < -0.3 is 0 Å². The third kappa shape index (κ3) is 1.21. The number of carbonyl (C=O) groups is 1. The Balaban J connectivity index is 3.05. The molecular weight excluding hydrogens is 192 g/mol. The molecule has 0 aliphatic heterocycles. The van der Waals surface area contributed by atoms with Crippen LogP contribution < -0.4 is 5.56 Å². The summed E-state index contributed by atoms with van der Waals surface area (Å²) < 4.78 is 3.20. The van der Waals surface area contributed by atoms with Crippen LogP contribution in [0.2, 0.25) is 0 Å². The molecule has 0 saturated carbocycles. The van der Waals surface area contributed by atoms with E-state index in [-0.39, 0.29) is 11.3 Å². The molecule has 0 spiro atoms. The van der Waals surface area contributed by atoms with Crippen LogP contribution in [-0.4, -0.2) is 15.1 Å². The molecule has 0 amide bonds. The number of ketones is 1. The first-order valence-electron chi connectivity index (χ1n) is 4.69. The van der Waals surface area contributed by atoms with E-state index in [9.17, 15) is 9.59 Å². The lowest BCUT2D eigenvalue weighted by Crippen LogP contribution is -2.16. The third-order valence-electron chi connectivity index (χ3n) is 2.71. The molecule has 4 nitrogen and oxygen atoms in total. The minimum atomic E-state index is -0.0735. The molecule has 0 aliphatic rings. The summed E-state index contributed by atoms with van der Waals surface area (Å²) in [7, 11) is 3.46. The van der Waals surface area contributed by atoms with Gasteiger partial charge in [0.1, 0.15) is 0 Å². The van der Waals surface area contributed by atoms with Crippen molar-refractivity contribution in [2.75, 3.05) is 0 Å². The van der Waals surface area contributed by atoms with Crippen LogP contribution in [0.15, 0.2) is 23.0 Å². The number of hydrogen-bond acceptors (Lipinski definition) is 2. The molecule has 0 fully saturated rings. The van der Waals surface area contributed by atoms with Gasteiger partial charge in [-0.2, -0.15) is 0 Å². The third-order valence-corrected chi connectivity index (χ3v) is 2.71. The average molecular weight is 204 g/mol. The van der Waals surface area contributed by atoms with E-state index in [1.165, 1.54) is 11.6 Å². The Hall–Kier alpha value is -1.84. The first-order chi connectivity index (χ1) is 7.04. The summed E-state index contributed by atoms with van der Waals surface area (Å²) in [6.45, 7) is 1.51. The monoisotopic (exact) mass is 204 g/mol. The minimum absolute atomic E-state index is 0.0261. The molecule has 0 bridgehead atoms. The molecule has 0 atom stereocenters. The number of nitrogens with zero attached hydrogens (tertiary/aromatic N) is 2. The van der Waals surface area contributed by atoms with Crippen LogP contribution >= 0.6 is 0 Å². The number of carbonyl (C=O) groups excluding carboxylic acids is 1. The Morgan fingerprint density at radius 2 is 1.87 bits per heavy atom. The van der Waals surface area contributed by atoms with E-state index < -0.39 is 0 Å². The SMILES string of the molecule is CC(=O)c1cccc2c(=O)n(C)n(C)c12. The fourth-order valence-electron chi connectivity index (χ4n) is 1.81. The fraction of sp³-hybridized carbons (Fsp3) is 0.273. The number of aryl methyl sites for hydroxylation is 1. The van der Waals surface area contributed by atoms with E-state index in [0.29, 0.717) is 16.5 Å². The quantitative estimate of drug-likeness (QED) is 0.652. The maximum Gasteiger partial charge on any atom is 0.274 e. The molecule has 2 aromatic rings. The summed E-state index contributed by atoms with van der Waals surface area (Å²) in [5.74, 6) is -0.0261. The summed E-state index contributed by atoms with van der Waals surface area (Å²) >= 11 is 0.